The Morgan fingerprint density at radius 1 is 0.676 bits per heavy atom. The number of nitrogens with one attached hydrogen (secondary N) is 3. The average Bonchev–Trinajstić information content (AvgIpc) is 2.62. The second-order valence-corrected chi connectivity index (χ2v) is 10.5. The second-order valence-electron chi connectivity index (χ2n) is 10.5. The fourth-order valence-corrected chi connectivity index (χ4v) is 3.03. The summed E-state index contributed by atoms with van der Waals surface area (Å²) in [5.41, 5.74) is -1.20. The van der Waals surface area contributed by atoms with Crippen molar-refractivity contribution in [3.05, 3.63) is 0 Å². The molecule has 0 aliphatic heterocycles. The lowest BCUT2D eigenvalue weighted by Crippen LogP contribution is -2.49. The molecule has 0 aromatic heterocycles. The zero-order chi connectivity index (χ0) is 26.6. The highest BCUT2D eigenvalue weighted by Gasteiger charge is 2.38. The SMILES string of the molecule is CC(C)(C)OC(=O)NCCC[N+](C)(CCCNC(=O)OC(C)(C)C)CCCNC(=O)C(F)(F)F. The first-order valence-electron chi connectivity index (χ1n) is 11.5. The Morgan fingerprint density at radius 2 is 1.00 bits per heavy atom. The van der Waals surface area contributed by atoms with Crippen molar-refractivity contribution in [1.29, 1.82) is 0 Å². The Morgan fingerprint density at radius 3 is 1.29 bits per heavy atom. The van der Waals surface area contributed by atoms with Crippen molar-refractivity contribution < 1.29 is 41.5 Å². The van der Waals surface area contributed by atoms with E-state index in [4.69, 9.17) is 9.47 Å². The molecule has 0 rings (SSSR count). The summed E-state index contributed by atoms with van der Waals surface area (Å²) < 4.78 is 47.9. The first-order chi connectivity index (χ1) is 15.3. The Bertz CT molecular complexity index is 622. The lowest BCUT2D eigenvalue weighted by Gasteiger charge is -2.35. The van der Waals surface area contributed by atoms with Crippen LogP contribution in [-0.4, -0.2) is 86.3 Å². The number of nitrogens with zero attached hydrogens (tertiary/aromatic N) is 1. The molecule has 0 saturated heterocycles. The molecule has 0 aromatic rings. The number of hydrogen-bond acceptors (Lipinski definition) is 5. The predicted molar refractivity (Wildman–Crippen MR) is 122 cm³/mol. The number of halogens is 3. The predicted octanol–water partition coefficient (Wildman–Crippen LogP) is 3.33. The second kappa shape index (κ2) is 13.6. The molecule has 0 aliphatic carbocycles. The fraction of sp³-hybridized carbons (Fsp3) is 0.864. The van der Waals surface area contributed by atoms with E-state index in [0.717, 1.165) is 0 Å². The quantitative estimate of drug-likeness (QED) is 0.282. The molecule has 0 radical (unpaired) electrons. The van der Waals surface area contributed by atoms with Crippen LogP contribution in [0.2, 0.25) is 0 Å². The Hall–Kier alpha value is -2.24. The molecule has 0 spiro atoms. The molecule has 0 fully saturated rings. The van der Waals surface area contributed by atoms with Gasteiger partial charge >= 0.3 is 24.3 Å². The van der Waals surface area contributed by atoms with Gasteiger partial charge in [0.15, 0.2) is 0 Å². The van der Waals surface area contributed by atoms with E-state index in [1.54, 1.807) is 41.5 Å². The van der Waals surface area contributed by atoms with Crippen LogP contribution in [0.1, 0.15) is 60.8 Å². The third kappa shape index (κ3) is 17.3. The van der Waals surface area contributed by atoms with Gasteiger partial charge in [0.2, 0.25) is 0 Å². The molecule has 3 N–H and O–H groups in total. The molecule has 0 unspecified atom stereocenters. The van der Waals surface area contributed by atoms with Crippen LogP contribution < -0.4 is 16.0 Å². The standard InChI is InChI=1S/C22H41F3N4O5/c1-20(2,3)33-18(31)27-12-9-15-29(7,14-8-11-26-17(30)22(23,24)25)16-10-13-28-19(32)34-21(4,5)6/h8-16H2,1-7H3,(H2-,26,27,28,30,31,32)/p+1. The number of alkyl halides is 3. The third-order valence-electron chi connectivity index (χ3n) is 4.50. The van der Waals surface area contributed by atoms with Gasteiger partial charge in [-0.05, 0) is 41.5 Å². The van der Waals surface area contributed by atoms with Gasteiger partial charge in [0.25, 0.3) is 0 Å². The van der Waals surface area contributed by atoms with E-state index in [-0.39, 0.29) is 6.54 Å². The molecular formula is C22H42F3N4O5+. The molecule has 0 atom stereocenters. The number of carbonyl (C=O) groups excluding carboxylic acids is 3. The fourth-order valence-electron chi connectivity index (χ4n) is 3.03. The van der Waals surface area contributed by atoms with Crippen molar-refractivity contribution in [2.45, 2.75) is 78.2 Å². The van der Waals surface area contributed by atoms with E-state index in [2.05, 4.69) is 10.6 Å². The normalized spacial score (nSPS) is 12.6. The largest absolute Gasteiger partial charge is 0.471 e. The van der Waals surface area contributed by atoms with Gasteiger partial charge in [-0.2, -0.15) is 13.2 Å². The highest BCUT2D eigenvalue weighted by Crippen LogP contribution is 2.14. The van der Waals surface area contributed by atoms with Gasteiger partial charge in [-0.1, -0.05) is 0 Å². The van der Waals surface area contributed by atoms with E-state index in [1.807, 2.05) is 12.4 Å². The monoisotopic (exact) mass is 499 g/mol. The van der Waals surface area contributed by atoms with Gasteiger partial charge in [0.05, 0.1) is 26.7 Å². The average molecular weight is 500 g/mol. The zero-order valence-electron chi connectivity index (χ0n) is 21.5. The summed E-state index contributed by atoms with van der Waals surface area (Å²) in [6, 6.07) is 0. The summed E-state index contributed by atoms with van der Waals surface area (Å²) in [7, 11) is 1.95. The van der Waals surface area contributed by atoms with Crippen LogP contribution in [0.4, 0.5) is 22.8 Å². The summed E-state index contributed by atoms with van der Waals surface area (Å²) in [6.07, 6.45) is -4.36. The maximum atomic E-state index is 12.4. The maximum absolute atomic E-state index is 12.4. The Balaban J connectivity index is 4.66. The van der Waals surface area contributed by atoms with Crippen LogP contribution in [0.3, 0.4) is 0 Å². The summed E-state index contributed by atoms with van der Waals surface area (Å²) in [5.74, 6) is -1.95. The minimum Gasteiger partial charge on any atom is -0.444 e. The number of hydrogen-bond donors (Lipinski definition) is 3. The number of rotatable bonds is 12. The first-order valence-corrected chi connectivity index (χ1v) is 11.5. The number of ether oxygens (including phenoxy) is 2. The molecule has 34 heavy (non-hydrogen) atoms. The van der Waals surface area contributed by atoms with E-state index >= 15 is 0 Å². The first kappa shape index (κ1) is 31.8. The van der Waals surface area contributed by atoms with E-state index in [1.165, 1.54) is 0 Å². The van der Waals surface area contributed by atoms with E-state index < -0.39 is 35.5 Å². The molecular weight excluding hydrogens is 457 g/mol. The van der Waals surface area contributed by atoms with Crippen molar-refractivity contribution in [3.63, 3.8) is 0 Å². The van der Waals surface area contributed by atoms with E-state index in [0.29, 0.717) is 56.5 Å². The van der Waals surface area contributed by atoms with Gasteiger partial charge in [-0.25, -0.2) is 9.59 Å². The molecule has 200 valence electrons. The molecule has 0 saturated carbocycles. The Kier molecular flexibility index (Phi) is 12.7. The van der Waals surface area contributed by atoms with Gasteiger partial charge < -0.3 is 29.9 Å². The van der Waals surface area contributed by atoms with Crippen LogP contribution in [0.25, 0.3) is 0 Å². The van der Waals surface area contributed by atoms with Crippen LogP contribution in [0.5, 0.6) is 0 Å². The maximum Gasteiger partial charge on any atom is 0.471 e. The molecule has 12 heteroatoms. The van der Waals surface area contributed by atoms with Gasteiger partial charge in [-0.15, -0.1) is 0 Å². The molecule has 9 nitrogen and oxygen atoms in total. The van der Waals surface area contributed by atoms with Crippen LogP contribution >= 0.6 is 0 Å². The number of amides is 3. The topological polar surface area (TPSA) is 106 Å². The minimum absolute atomic E-state index is 0.0987. The molecule has 0 bridgehead atoms. The highest BCUT2D eigenvalue weighted by atomic mass is 19.4. The summed E-state index contributed by atoms with van der Waals surface area (Å²) in [5, 5.41) is 7.26. The molecule has 3 amide bonds. The summed E-state index contributed by atoms with van der Waals surface area (Å²) >= 11 is 0. The number of quaternary nitrogens is 1. The van der Waals surface area contributed by atoms with Gasteiger partial charge in [0, 0.05) is 38.9 Å². The zero-order valence-corrected chi connectivity index (χ0v) is 21.5. The highest BCUT2D eigenvalue weighted by molar-refractivity contribution is 5.81. The third-order valence-corrected chi connectivity index (χ3v) is 4.50. The van der Waals surface area contributed by atoms with Crippen LogP contribution in [0.15, 0.2) is 0 Å². The van der Waals surface area contributed by atoms with Crippen molar-refractivity contribution in [2.75, 3.05) is 46.3 Å². The lowest BCUT2D eigenvalue weighted by atomic mass is 10.2. The van der Waals surface area contributed by atoms with Crippen molar-refractivity contribution in [2.24, 2.45) is 0 Å². The van der Waals surface area contributed by atoms with Crippen LogP contribution in [0, 0.1) is 0 Å². The van der Waals surface area contributed by atoms with Crippen molar-refractivity contribution in [3.8, 4) is 0 Å². The molecule has 0 aromatic carbocycles. The van der Waals surface area contributed by atoms with Gasteiger partial charge in [0.1, 0.15) is 11.2 Å². The number of carbonyl (C=O) groups is 3. The van der Waals surface area contributed by atoms with Crippen LogP contribution in [-0.2, 0) is 14.3 Å². The molecule has 0 aliphatic rings. The van der Waals surface area contributed by atoms with E-state index in [9.17, 15) is 27.6 Å². The summed E-state index contributed by atoms with van der Waals surface area (Å²) in [4.78, 5) is 34.6. The number of alkyl carbamates (subject to hydrolysis) is 2. The van der Waals surface area contributed by atoms with Crippen molar-refractivity contribution >= 4 is 18.1 Å². The molecule has 0 heterocycles. The Labute approximate surface area is 200 Å². The smallest absolute Gasteiger partial charge is 0.444 e. The van der Waals surface area contributed by atoms with Crippen molar-refractivity contribution in [1.82, 2.24) is 16.0 Å². The summed E-state index contributed by atoms with van der Waals surface area (Å²) in [6.45, 7) is 13.0. The lowest BCUT2D eigenvalue weighted by molar-refractivity contribution is -0.909. The van der Waals surface area contributed by atoms with Gasteiger partial charge in [-0.3, -0.25) is 4.79 Å². The minimum atomic E-state index is -4.90.